The van der Waals surface area contributed by atoms with E-state index in [1.165, 1.54) is 4.90 Å². The lowest BCUT2D eigenvalue weighted by Crippen LogP contribution is -2.62. The Hall–Kier alpha value is -0.690. The van der Waals surface area contributed by atoms with E-state index in [0.717, 1.165) is 4.90 Å². The van der Waals surface area contributed by atoms with E-state index in [1.54, 1.807) is 0 Å². The zero-order valence-corrected chi connectivity index (χ0v) is 11.8. The summed E-state index contributed by atoms with van der Waals surface area (Å²) in [6, 6.07) is -1.83. The lowest BCUT2D eigenvalue weighted by molar-refractivity contribution is -0.201. The largest absolute Gasteiger partial charge is 0.465 e. The fourth-order valence-corrected chi connectivity index (χ4v) is 2.46. The van der Waals surface area contributed by atoms with Gasteiger partial charge in [0.25, 0.3) is 0 Å². The number of piperazine rings is 1. The normalized spacial score (nSPS) is 21.4. The van der Waals surface area contributed by atoms with Crippen molar-refractivity contribution in [3.8, 4) is 0 Å². The highest BCUT2D eigenvalue weighted by molar-refractivity contribution is 5.85. The Morgan fingerprint density at radius 3 is 2.21 bits per heavy atom. The van der Waals surface area contributed by atoms with Crippen LogP contribution in [0.25, 0.3) is 0 Å². The predicted molar refractivity (Wildman–Crippen MR) is 67.8 cm³/mol. The molecule has 1 amide bonds. The Balaban J connectivity index is 0.00000324. The first-order valence-corrected chi connectivity index (χ1v) is 6.11. The maximum Gasteiger partial charge on any atom is 0.407 e. The molecule has 1 saturated heterocycles. The third kappa shape index (κ3) is 4.42. The van der Waals surface area contributed by atoms with E-state index in [9.17, 15) is 18.0 Å². The molecular formula is C11H20ClF3N2O2. The summed E-state index contributed by atoms with van der Waals surface area (Å²) < 4.78 is 39.0. The van der Waals surface area contributed by atoms with Crippen LogP contribution in [0.5, 0.6) is 0 Å². The van der Waals surface area contributed by atoms with Gasteiger partial charge in [0.1, 0.15) is 6.04 Å². The van der Waals surface area contributed by atoms with Crippen molar-refractivity contribution >= 4 is 18.5 Å². The Morgan fingerprint density at radius 1 is 1.32 bits per heavy atom. The van der Waals surface area contributed by atoms with Crippen molar-refractivity contribution < 1.29 is 23.1 Å². The maximum atomic E-state index is 13.0. The van der Waals surface area contributed by atoms with Crippen LogP contribution in [0, 0.1) is 0 Å². The predicted octanol–water partition coefficient (Wildman–Crippen LogP) is 2.82. The quantitative estimate of drug-likeness (QED) is 0.872. The Kier molecular flexibility index (Phi) is 6.93. The standard InChI is InChI=1S/C11H19F3N2O2.ClH/c1-3-8(4-2)16-6-5-15(10(17)18)7-9(16)11(12,13)14;/h8-9H,3-7H2,1-2H3,(H,17,18);1H. The van der Waals surface area contributed by atoms with Crippen LogP contribution < -0.4 is 0 Å². The first kappa shape index (κ1) is 18.3. The number of alkyl halides is 3. The molecule has 1 aliphatic heterocycles. The summed E-state index contributed by atoms with van der Waals surface area (Å²) in [5, 5.41) is 8.80. The van der Waals surface area contributed by atoms with Gasteiger partial charge in [-0.05, 0) is 12.8 Å². The fourth-order valence-electron chi connectivity index (χ4n) is 2.46. The molecule has 1 unspecified atom stereocenters. The monoisotopic (exact) mass is 304 g/mol. The molecule has 0 saturated carbocycles. The summed E-state index contributed by atoms with van der Waals surface area (Å²) in [6.45, 7) is 3.49. The third-order valence-corrected chi connectivity index (χ3v) is 3.48. The van der Waals surface area contributed by atoms with Crippen molar-refractivity contribution in [2.24, 2.45) is 0 Å². The van der Waals surface area contributed by atoms with E-state index in [0.29, 0.717) is 12.8 Å². The minimum Gasteiger partial charge on any atom is -0.465 e. The third-order valence-electron chi connectivity index (χ3n) is 3.48. The topological polar surface area (TPSA) is 43.8 Å². The van der Waals surface area contributed by atoms with Crippen molar-refractivity contribution in [3.63, 3.8) is 0 Å². The van der Waals surface area contributed by atoms with Crippen molar-refractivity contribution in [1.82, 2.24) is 9.80 Å². The van der Waals surface area contributed by atoms with Gasteiger partial charge in [-0.25, -0.2) is 4.79 Å². The Bertz CT molecular complexity index is 298. The summed E-state index contributed by atoms with van der Waals surface area (Å²) in [7, 11) is 0. The number of carboxylic acid groups (broad SMARTS) is 1. The van der Waals surface area contributed by atoms with Crippen LogP contribution in [0.2, 0.25) is 0 Å². The molecule has 0 radical (unpaired) electrons. The summed E-state index contributed by atoms with van der Waals surface area (Å²) in [4.78, 5) is 13.0. The van der Waals surface area contributed by atoms with E-state index in [2.05, 4.69) is 0 Å². The van der Waals surface area contributed by atoms with Crippen LogP contribution in [0.3, 0.4) is 0 Å². The first-order chi connectivity index (χ1) is 8.31. The van der Waals surface area contributed by atoms with Crippen LogP contribution in [0.1, 0.15) is 26.7 Å². The van der Waals surface area contributed by atoms with Crippen LogP contribution in [0.4, 0.5) is 18.0 Å². The van der Waals surface area contributed by atoms with Gasteiger partial charge in [-0.15, -0.1) is 12.4 Å². The molecule has 1 N–H and O–H groups in total. The molecule has 0 aromatic carbocycles. The molecule has 114 valence electrons. The van der Waals surface area contributed by atoms with Gasteiger partial charge in [0, 0.05) is 25.7 Å². The molecule has 1 aliphatic rings. The highest BCUT2D eigenvalue weighted by Crippen LogP contribution is 2.30. The molecule has 0 spiro atoms. The molecule has 0 aromatic heterocycles. The lowest BCUT2D eigenvalue weighted by atomic mass is 10.0. The van der Waals surface area contributed by atoms with Crippen molar-refractivity contribution in [2.45, 2.75) is 44.9 Å². The van der Waals surface area contributed by atoms with E-state index < -0.39 is 24.9 Å². The molecule has 0 aromatic rings. The minimum absolute atomic E-state index is 0. The first-order valence-electron chi connectivity index (χ1n) is 6.11. The van der Waals surface area contributed by atoms with Crippen molar-refractivity contribution in [3.05, 3.63) is 0 Å². The van der Waals surface area contributed by atoms with E-state index in [4.69, 9.17) is 5.11 Å². The van der Waals surface area contributed by atoms with Gasteiger partial charge in [0.2, 0.25) is 0 Å². The van der Waals surface area contributed by atoms with Gasteiger partial charge >= 0.3 is 12.3 Å². The summed E-state index contributed by atoms with van der Waals surface area (Å²) in [5.74, 6) is 0. The number of hydrogen-bond acceptors (Lipinski definition) is 2. The van der Waals surface area contributed by atoms with Crippen LogP contribution in [0.15, 0.2) is 0 Å². The molecule has 1 rings (SSSR count). The molecule has 1 fully saturated rings. The molecule has 0 bridgehead atoms. The van der Waals surface area contributed by atoms with Crippen LogP contribution >= 0.6 is 12.4 Å². The second-order valence-electron chi connectivity index (χ2n) is 4.49. The second kappa shape index (κ2) is 7.19. The number of nitrogens with zero attached hydrogens (tertiary/aromatic N) is 2. The van der Waals surface area contributed by atoms with Gasteiger partial charge in [-0.1, -0.05) is 13.8 Å². The van der Waals surface area contributed by atoms with Gasteiger partial charge in [-0.3, -0.25) is 4.90 Å². The highest BCUT2D eigenvalue weighted by atomic mass is 35.5. The summed E-state index contributed by atoms with van der Waals surface area (Å²) in [6.07, 6.45) is -4.41. The fraction of sp³-hybridized carbons (Fsp3) is 0.909. The second-order valence-corrected chi connectivity index (χ2v) is 4.49. The maximum absolute atomic E-state index is 13.0. The van der Waals surface area contributed by atoms with Gasteiger partial charge in [-0.2, -0.15) is 13.2 Å². The molecule has 1 atom stereocenters. The number of amides is 1. The van der Waals surface area contributed by atoms with Gasteiger partial charge in [0.15, 0.2) is 0 Å². The smallest absolute Gasteiger partial charge is 0.407 e. The number of carbonyl (C=O) groups is 1. The summed E-state index contributed by atoms with van der Waals surface area (Å²) >= 11 is 0. The minimum atomic E-state index is -4.39. The van der Waals surface area contributed by atoms with Crippen LogP contribution in [-0.4, -0.2) is 58.9 Å². The van der Waals surface area contributed by atoms with Gasteiger partial charge < -0.3 is 10.0 Å². The van der Waals surface area contributed by atoms with Crippen LogP contribution in [-0.2, 0) is 0 Å². The van der Waals surface area contributed by atoms with Gasteiger partial charge in [0.05, 0.1) is 0 Å². The number of hydrogen-bond donors (Lipinski definition) is 1. The SMILES string of the molecule is CCC(CC)N1CCN(C(=O)O)CC1C(F)(F)F.Cl. The highest BCUT2D eigenvalue weighted by Gasteiger charge is 2.48. The Labute approximate surface area is 117 Å². The molecule has 1 heterocycles. The average Bonchev–Trinajstić information content (AvgIpc) is 2.29. The lowest BCUT2D eigenvalue weighted by Gasteiger charge is -2.44. The van der Waals surface area contributed by atoms with E-state index in [-0.39, 0.29) is 31.5 Å². The molecular weight excluding hydrogens is 285 g/mol. The summed E-state index contributed by atoms with van der Waals surface area (Å²) in [5.41, 5.74) is 0. The zero-order chi connectivity index (χ0) is 13.9. The molecule has 4 nitrogen and oxygen atoms in total. The zero-order valence-electron chi connectivity index (χ0n) is 11.0. The van der Waals surface area contributed by atoms with Crippen molar-refractivity contribution in [1.29, 1.82) is 0 Å². The molecule has 8 heteroatoms. The van der Waals surface area contributed by atoms with E-state index in [1.807, 2.05) is 13.8 Å². The van der Waals surface area contributed by atoms with E-state index >= 15 is 0 Å². The van der Waals surface area contributed by atoms with Crippen molar-refractivity contribution in [2.75, 3.05) is 19.6 Å². The number of rotatable bonds is 3. The average molecular weight is 305 g/mol. The molecule has 19 heavy (non-hydrogen) atoms. The Morgan fingerprint density at radius 2 is 1.84 bits per heavy atom. The molecule has 0 aliphatic carbocycles. The number of halogens is 4.